The SMILES string of the molecule is CCOC(=O)CC1CCC(CN(CC)c2ncc(C(F)(F)F)cc2Br)CC1. The number of carbonyl (C=O) groups excluding carboxylic acids is 1. The second-order valence-electron chi connectivity index (χ2n) is 6.96. The maximum absolute atomic E-state index is 12.8. The molecule has 27 heavy (non-hydrogen) atoms. The first-order valence-electron chi connectivity index (χ1n) is 9.37. The number of ether oxygens (including phenoxy) is 1. The van der Waals surface area contributed by atoms with Gasteiger partial charge in [0, 0.05) is 25.7 Å². The standard InChI is InChI=1S/C19H26BrF3N2O2/c1-3-25(18-16(20)10-15(11-24-18)19(21,22)23)12-14-7-5-13(6-8-14)9-17(26)27-4-2/h10-11,13-14H,3-9,12H2,1-2H3. The summed E-state index contributed by atoms with van der Waals surface area (Å²) in [5.74, 6) is 1.22. The minimum Gasteiger partial charge on any atom is -0.466 e. The van der Waals surface area contributed by atoms with E-state index >= 15 is 0 Å². The van der Waals surface area contributed by atoms with E-state index in [-0.39, 0.29) is 5.97 Å². The van der Waals surface area contributed by atoms with Crippen LogP contribution in [0.25, 0.3) is 0 Å². The Hall–Kier alpha value is -1.31. The number of alkyl halides is 3. The minimum absolute atomic E-state index is 0.131. The summed E-state index contributed by atoms with van der Waals surface area (Å²) in [5.41, 5.74) is -0.756. The number of hydrogen-bond donors (Lipinski definition) is 0. The molecule has 0 aliphatic heterocycles. The van der Waals surface area contributed by atoms with Crippen LogP contribution in [0.5, 0.6) is 0 Å². The van der Waals surface area contributed by atoms with Gasteiger partial charge in [0.25, 0.3) is 0 Å². The number of rotatable bonds is 7. The van der Waals surface area contributed by atoms with E-state index in [0.717, 1.165) is 44.5 Å². The van der Waals surface area contributed by atoms with Crippen molar-refractivity contribution in [2.24, 2.45) is 11.8 Å². The monoisotopic (exact) mass is 450 g/mol. The fourth-order valence-corrected chi connectivity index (χ4v) is 4.17. The van der Waals surface area contributed by atoms with Gasteiger partial charge >= 0.3 is 12.1 Å². The highest BCUT2D eigenvalue weighted by molar-refractivity contribution is 9.10. The largest absolute Gasteiger partial charge is 0.466 e. The van der Waals surface area contributed by atoms with Crippen LogP contribution in [0.1, 0.15) is 51.5 Å². The van der Waals surface area contributed by atoms with Crippen molar-refractivity contribution in [3.05, 3.63) is 22.3 Å². The molecule has 0 amide bonds. The number of anilines is 1. The van der Waals surface area contributed by atoms with Crippen molar-refractivity contribution in [2.75, 3.05) is 24.6 Å². The number of hydrogen-bond acceptors (Lipinski definition) is 4. The van der Waals surface area contributed by atoms with E-state index < -0.39 is 11.7 Å². The van der Waals surface area contributed by atoms with Gasteiger partial charge in [-0.2, -0.15) is 13.2 Å². The van der Waals surface area contributed by atoms with Gasteiger partial charge in [-0.15, -0.1) is 0 Å². The molecule has 1 heterocycles. The van der Waals surface area contributed by atoms with Crippen molar-refractivity contribution in [2.45, 2.75) is 52.1 Å². The van der Waals surface area contributed by atoms with E-state index in [1.807, 2.05) is 18.7 Å². The first-order valence-corrected chi connectivity index (χ1v) is 10.2. The van der Waals surface area contributed by atoms with Crippen LogP contribution in [0.2, 0.25) is 0 Å². The van der Waals surface area contributed by atoms with Crippen LogP contribution < -0.4 is 4.90 Å². The number of carbonyl (C=O) groups is 1. The lowest BCUT2D eigenvalue weighted by Gasteiger charge is -2.33. The quantitative estimate of drug-likeness (QED) is 0.518. The molecule has 1 saturated carbocycles. The maximum Gasteiger partial charge on any atom is 0.417 e. The molecule has 0 saturated heterocycles. The third kappa shape index (κ3) is 6.36. The fraction of sp³-hybridized carbons (Fsp3) is 0.684. The Bertz CT molecular complexity index is 632. The highest BCUT2D eigenvalue weighted by atomic mass is 79.9. The molecule has 0 radical (unpaired) electrons. The van der Waals surface area contributed by atoms with Crippen molar-refractivity contribution >= 4 is 27.7 Å². The summed E-state index contributed by atoms with van der Waals surface area (Å²) in [4.78, 5) is 17.7. The van der Waals surface area contributed by atoms with Crippen molar-refractivity contribution in [3.8, 4) is 0 Å². The number of pyridine rings is 1. The van der Waals surface area contributed by atoms with Crippen LogP contribution in [0, 0.1) is 11.8 Å². The van der Waals surface area contributed by atoms with Gasteiger partial charge < -0.3 is 9.64 Å². The van der Waals surface area contributed by atoms with Gasteiger partial charge in [0.05, 0.1) is 16.6 Å². The Kier molecular flexibility index (Phi) is 7.94. The highest BCUT2D eigenvalue weighted by Gasteiger charge is 2.32. The first kappa shape index (κ1) is 22.0. The van der Waals surface area contributed by atoms with Crippen molar-refractivity contribution in [1.82, 2.24) is 4.98 Å². The van der Waals surface area contributed by atoms with E-state index in [1.165, 1.54) is 0 Å². The molecule has 0 bridgehead atoms. The van der Waals surface area contributed by atoms with Gasteiger partial charge in [-0.25, -0.2) is 4.98 Å². The van der Waals surface area contributed by atoms with Crippen LogP contribution >= 0.6 is 15.9 Å². The van der Waals surface area contributed by atoms with Crippen LogP contribution in [0.15, 0.2) is 16.7 Å². The molecule has 1 aliphatic rings. The molecule has 0 N–H and O–H groups in total. The van der Waals surface area contributed by atoms with Crippen LogP contribution in [0.3, 0.4) is 0 Å². The maximum atomic E-state index is 12.8. The van der Waals surface area contributed by atoms with Gasteiger partial charge in [-0.1, -0.05) is 0 Å². The molecular weight excluding hydrogens is 425 g/mol. The Balaban J connectivity index is 1.93. The molecule has 8 heteroatoms. The lowest BCUT2D eigenvalue weighted by atomic mass is 9.80. The molecule has 4 nitrogen and oxygen atoms in total. The second kappa shape index (κ2) is 9.75. The second-order valence-corrected chi connectivity index (χ2v) is 7.82. The molecule has 0 atom stereocenters. The molecule has 1 fully saturated rings. The number of nitrogens with zero attached hydrogens (tertiary/aromatic N) is 2. The van der Waals surface area contributed by atoms with Crippen LogP contribution in [-0.4, -0.2) is 30.6 Å². The molecule has 0 spiro atoms. The summed E-state index contributed by atoms with van der Waals surface area (Å²) < 4.78 is 43.8. The van der Waals surface area contributed by atoms with Gasteiger partial charge in [-0.3, -0.25) is 4.79 Å². The Morgan fingerprint density at radius 1 is 1.26 bits per heavy atom. The zero-order chi connectivity index (χ0) is 20.0. The molecule has 152 valence electrons. The third-order valence-corrected chi connectivity index (χ3v) is 5.62. The number of halogens is 4. The molecule has 2 rings (SSSR count). The Morgan fingerprint density at radius 2 is 1.89 bits per heavy atom. The molecule has 0 aromatic carbocycles. The Morgan fingerprint density at radius 3 is 2.41 bits per heavy atom. The van der Waals surface area contributed by atoms with Gasteiger partial charge in [0.1, 0.15) is 5.82 Å². The van der Waals surface area contributed by atoms with Crippen LogP contribution in [-0.2, 0) is 15.7 Å². The highest BCUT2D eigenvalue weighted by Crippen LogP contribution is 2.36. The summed E-state index contributed by atoms with van der Waals surface area (Å²) in [7, 11) is 0. The van der Waals surface area contributed by atoms with E-state index in [2.05, 4.69) is 20.9 Å². The smallest absolute Gasteiger partial charge is 0.417 e. The van der Waals surface area contributed by atoms with Crippen LogP contribution in [0.4, 0.5) is 19.0 Å². The molecule has 1 aromatic rings. The number of esters is 1. The normalized spacial score (nSPS) is 20.4. The van der Waals surface area contributed by atoms with Crippen molar-refractivity contribution in [3.63, 3.8) is 0 Å². The predicted molar refractivity (Wildman–Crippen MR) is 102 cm³/mol. The van der Waals surface area contributed by atoms with E-state index in [0.29, 0.717) is 41.7 Å². The molecule has 1 aromatic heterocycles. The lowest BCUT2D eigenvalue weighted by Crippen LogP contribution is -2.32. The number of aromatic nitrogens is 1. The summed E-state index contributed by atoms with van der Waals surface area (Å²) in [6, 6.07) is 1.08. The van der Waals surface area contributed by atoms with E-state index in [1.54, 1.807) is 0 Å². The third-order valence-electron chi connectivity index (χ3n) is 5.04. The fourth-order valence-electron chi connectivity index (χ4n) is 3.57. The summed E-state index contributed by atoms with van der Waals surface area (Å²) in [5, 5.41) is 0. The average Bonchev–Trinajstić information content (AvgIpc) is 2.61. The summed E-state index contributed by atoms with van der Waals surface area (Å²) >= 11 is 3.24. The van der Waals surface area contributed by atoms with Gasteiger partial charge in [0.2, 0.25) is 0 Å². The molecule has 0 unspecified atom stereocenters. The topological polar surface area (TPSA) is 42.4 Å². The minimum atomic E-state index is -4.40. The zero-order valence-electron chi connectivity index (χ0n) is 15.7. The molecule has 1 aliphatic carbocycles. The zero-order valence-corrected chi connectivity index (χ0v) is 17.3. The lowest BCUT2D eigenvalue weighted by molar-refractivity contribution is -0.144. The van der Waals surface area contributed by atoms with Crippen molar-refractivity contribution in [1.29, 1.82) is 0 Å². The Labute approximate surface area is 166 Å². The first-order chi connectivity index (χ1) is 12.7. The van der Waals surface area contributed by atoms with Gasteiger partial charge in [0.15, 0.2) is 0 Å². The average molecular weight is 451 g/mol. The summed E-state index contributed by atoms with van der Waals surface area (Å²) in [6.45, 7) is 5.60. The van der Waals surface area contributed by atoms with Crippen molar-refractivity contribution < 1.29 is 22.7 Å². The van der Waals surface area contributed by atoms with Gasteiger partial charge in [-0.05, 0) is 73.4 Å². The molecular formula is C19H26BrF3N2O2. The predicted octanol–water partition coefficient (Wildman–Crippen LogP) is 5.45. The van der Waals surface area contributed by atoms with E-state index in [9.17, 15) is 18.0 Å². The summed E-state index contributed by atoms with van der Waals surface area (Å²) in [6.07, 6.45) is 0.911. The van der Waals surface area contributed by atoms with E-state index in [4.69, 9.17) is 4.74 Å².